The largest absolute Gasteiger partial charge is 0.378 e. The molecule has 0 saturated carbocycles. The normalized spacial score (nSPS) is 20.6. The van der Waals surface area contributed by atoms with Gasteiger partial charge in [0.15, 0.2) is 0 Å². The van der Waals surface area contributed by atoms with E-state index < -0.39 is 0 Å². The van der Waals surface area contributed by atoms with E-state index >= 15 is 0 Å². The molecule has 3 rings (SSSR count). The molecule has 1 aromatic carbocycles. The second kappa shape index (κ2) is 8.08. The van der Waals surface area contributed by atoms with Crippen molar-refractivity contribution in [3.05, 3.63) is 29.3 Å². The van der Waals surface area contributed by atoms with Crippen LogP contribution in [0, 0.1) is 12.8 Å². The number of aryl methyl sites for hydroxylation is 1. The molecule has 2 amide bonds. The molecule has 2 aliphatic rings. The lowest BCUT2D eigenvalue weighted by molar-refractivity contribution is -0.127. The van der Waals surface area contributed by atoms with Crippen LogP contribution in [0.25, 0.3) is 0 Å². The third-order valence-electron chi connectivity index (χ3n) is 5.35. The van der Waals surface area contributed by atoms with Crippen LogP contribution in [0.4, 0.5) is 5.69 Å². The molecule has 1 atom stereocenters. The SMILES string of the molecule is CCN1CC(CN(C)C(=O)c2ccc(N3CCOCC3)c(C)c2)CC1=O. The number of carbonyl (C=O) groups excluding carboxylic acids is 2. The lowest BCUT2D eigenvalue weighted by Crippen LogP contribution is -2.36. The minimum Gasteiger partial charge on any atom is -0.378 e. The van der Waals surface area contributed by atoms with Crippen LogP contribution in [0.3, 0.4) is 0 Å². The van der Waals surface area contributed by atoms with Crippen LogP contribution in [-0.4, -0.2) is 74.6 Å². The highest BCUT2D eigenvalue weighted by Gasteiger charge is 2.30. The van der Waals surface area contributed by atoms with Gasteiger partial charge in [0.25, 0.3) is 5.91 Å². The second-order valence-corrected chi connectivity index (χ2v) is 7.29. The molecule has 6 heteroatoms. The third kappa shape index (κ3) is 4.01. The van der Waals surface area contributed by atoms with Gasteiger partial charge in [0.05, 0.1) is 13.2 Å². The fraction of sp³-hybridized carbons (Fsp3) is 0.600. The van der Waals surface area contributed by atoms with E-state index in [1.807, 2.05) is 37.1 Å². The Balaban J connectivity index is 1.63. The summed E-state index contributed by atoms with van der Waals surface area (Å²) in [5, 5.41) is 0. The molecule has 0 N–H and O–H groups in total. The summed E-state index contributed by atoms with van der Waals surface area (Å²) in [6.07, 6.45) is 0.542. The first-order valence-electron chi connectivity index (χ1n) is 9.46. The Kier molecular flexibility index (Phi) is 5.81. The zero-order valence-corrected chi connectivity index (χ0v) is 16.0. The van der Waals surface area contributed by atoms with Crippen molar-refractivity contribution in [2.24, 2.45) is 5.92 Å². The highest BCUT2D eigenvalue weighted by Crippen LogP contribution is 2.24. The zero-order chi connectivity index (χ0) is 18.7. The fourth-order valence-electron chi connectivity index (χ4n) is 3.92. The van der Waals surface area contributed by atoms with Gasteiger partial charge in [-0.2, -0.15) is 0 Å². The summed E-state index contributed by atoms with van der Waals surface area (Å²) in [5.41, 5.74) is 2.99. The van der Waals surface area contributed by atoms with Crippen molar-refractivity contribution in [1.82, 2.24) is 9.80 Å². The lowest BCUT2D eigenvalue weighted by Gasteiger charge is -2.30. The minimum atomic E-state index is 0.0176. The summed E-state index contributed by atoms with van der Waals surface area (Å²) in [5.74, 6) is 0.443. The summed E-state index contributed by atoms with van der Waals surface area (Å²) in [6, 6.07) is 5.93. The number of amides is 2. The van der Waals surface area contributed by atoms with E-state index in [4.69, 9.17) is 4.74 Å². The van der Waals surface area contributed by atoms with E-state index in [-0.39, 0.29) is 17.7 Å². The highest BCUT2D eigenvalue weighted by atomic mass is 16.5. The maximum absolute atomic E-state index is 12.8. The van der Waals surface area contributed by atoms with Crippen molar-refractivity contribution in [2.45, 2.75) is 20.3 Å². The number of ether oxygens (including phenoxy) is 1. The number of benzene rings is 1. The molecule has 0 bridgehead atoms. The van der Waals surface area contributed by atoms with Gasteiger partial charge in [0, 0.05) is 63.4 Å². The molecule has 0 radical (unpaired) electrons. The number of hydrogen-bond acceptors (Lipinski definition) is 4. The molecule has 0 aromatic heterocycles. The molecular weight excluding hydrogens is 330 g/mol. The first kappa shape index (κ1) is 18.7. The monoisotopic (exact) mass is 359 g/mol. The van der Waals surface area contributed by atoms with Gasteiger partial charge in [-0.3, -0.25) is 9.59 Å². The smallest absolute Gasteiger partial charge is 0.253 e. The summed E-state index contributed by atoms with van der Waals surface area (Å²) < 4.78 is 5.41. The maximum atomic E-state index is 12.8. The Morgan fingerprint density at radius 3 is 2.65 bits per heavy atom. The quantitative estimate of drug-likeness (QED) is 0.804. The van der Waals surface area contributed by atoms with Crippen LogP contribution in [0.15, 0.2) is 18.2 Å². The van der Waals surface area contributed by atoms with E-state index in [0.29, 0.717) is 18.5 Å². The van der Waals surface area contributed by atoms with Gasteiger partial charge in [0.2, 0.25) is 5.91 Å². The predicted molar refractivity (Wildman–Crippen MR) is 102 cm³/mol. The molecule has 2 aliphatic heterocycles. The highest BCUT2D eigenvalue weighted by molar-refractivity contribution is 5.95. The molecular formula is C20H29N3O3. The van der Waals surface area contributed by atoms with Crippen molar-refractivity contribution in [2.75, 3.05) is 57.9 Å². The van der Waals surface area contributed by atoms with Gasteiger partial charge >= 0.3 is 0 Å². The van der Waals surface area contributed by atoms with E-state index in [2.05, 4.69) is 11.8 Å². The first-order valence-corrected chi connectivity index (χ1v) is 9.46. The average molecular weight is 359 g/mol. The van der Waals surface area contributed by atoms with Gasteiger partial charge < -0.3 is 19.4 Å². The fourth-order valence-corrected chi connectivity index (χ4v) is 3.92. The lowest BCUT2D eigenvalue weighted by atomic mass is 10.1. The van der Waals surface area contributed by atoms with Crippen LogP contribution in [0.2, 0.25) is 0 Å². The molecule has 26 heavy (non-hydrogen) atoms. The van der Waals surface area contributed by atoms with Crippen molar-refractivity contribution < 1.29 is 14.3 Å². The molecule has 0 aliphatic carbocycles. The standard InChI is InChI=1S/C20H29N3O3/c1-4-22-14-16(12-19(22)24)13-21(3)20(25)17-5-6-18(15(2)11-17)23-7-9-26-10-8-23/h5-6,11,16H,4,7-10,12-14H2,1-3H3. The topological polar surface area (TPSA) is 53.1 Å². The first-order chi connectivity index (χ1) is 12.5. The van der Waals surface area contributed by atoms with Crippen LogP contribution >= 0.6 is 0 Å². The van der Waals surface area contributed by atoms with Crippen LogP contribution in [-0.2, 0) is 9.53 Å². The van der Waals surface area contributed by atoms with E-state index in [0.717, 1.165) is 45.0 Å². The molecule has 142 valence electrons. The summed E-state index contributed by atoms with van der Waals surface area (Å²) in [4.78, 5) is 30.6. The molecule has 0 spiro atoms. The summed E-state index contributed by atoms with van der Waals surface area (Å²) >= 11 is 0. The number of hydrogen-bond donors (Lipinski definition) is 0. The van der Waals surface area contributed by atoms with E-state index in [1.165, 1.54) is 5.69 Å². The van der Waals surface area contributed by atoms with Crippen LogP contribution in [0.1, 0.15) is 29.3 Å². The Morgan fingerprint density at radius 1 is 1.31 bits per heavy atom. The second-order valence-electron chi connectivity index (χ2n) is 7.29. The number of anilines is 1. The summed E-state index contributed by atoms with van der Waals surface area (Å²) in [6.45, 7) is 9.43. The Morgan fingerprint density at radius 2 is 2.04 bits per heavy atom. The van der Waals surface area contributed by atoms with Gasteiger partial charge in [-0.15, -0.1) is 0 Å². The van der Waals surface area contributed by atoms with Crippen molar-refractivity contribution >= 4 is 17.5 Å². The number of nitrogens with zero attached hydrogens (tertiary/aromatic N) is 3. The minimum absolute atomic E-state index is 0.0176. The maximum Gasteiger partial charge on any atom is 0.253 e. The molecule has 1 unspecified atom stereocenters. The van der Waals surface area contributed by atoms with Gasteiger partial charge in [-0.25, -0.2) is 0 Å². The Hall–Kier alpha value is -2.08. The number of rotatable bonds is 5. The van der Waals surface area contributed by atoms with Gasteiger partial charge in [-0.1, -0.05) is 0 Å². The van der Waals surface area contributed by atoms with Crippen LogP contribution < -0.4 is 4.90 Å². The van der Waals surface area contributed by atoms with Crippen molar-refractivity contribution in [3.8, 4) is 0 Å². The van der Waals surface area contributed by atoms with E-state index in [1.54, 1.807) is 4.90 Å². The molecule has 2 heterocycles. The van der Waals surface area contributed by atoms with Crippen LogP contribution in [0.5, 0.6) is 0 Å². The van der Waals surface area contributed by atoms with Crippen molar-refractivity contribution in [1.29, 1.82) is 0 Å². The number of carbonyl (C=O) groups is 2. The number of likely N-dealkylation sites (tertiary alicyclic amines) is 1. The number of morpholine rings is 1. The van der Waals surface area contributed by atoms with Gasteiger partial charge in [-0.05, 0) is 37.6 Å². The molecule has 2 fully saturated rings. The molecule has 2 saturated heterocycles. The average Bonchev–Trinajstić information content (AvgIpc) is 3.00. The van der Waals surface area contributed by atoms with Crippen molar-refractivity contribution in [3.63, 3.8) is 0 Å². The Labute approximate surface area is 155 Å². The Bertz CT molecular complexity index is 670. The van der Waals surface area contributed by atoms with E-state index in [9.17, 15) is 9.59 Å². The van der Waals surface area contributed by atoms with Gasteiger partial charge in [0.1, 0.15) is 0 Å². The summed E-state index contributed by atoms with van der Waals surface area (Å²) in [7, 11) is 1.83. The molecule has 6 nitrogen and oxygen atoms in total. The third-order valence-corrected chi connectivity index (χ3v) is 5.35. The zero-order valence-electron chi connectivity index (χ0n) is 16.0. The molecule has 1 aromatic rings. The predicted octanol–water partition coefficient (Wildman–Crippen LogP) is 1.77.